The van der Waals surface area contributed by atoms with Crippen molar-refractivity contribution in [3.63, 3.8) is 0 Å². The molecule has 24 heavy (non-hydrogen) atoms. The fourth-order valence-corrected chi connectivity index (χ4v) is 2.95. The van der Waals surface area contributed by atoms with Gasteiger partial charge in [-0.25, -0.2) is 14.6 Å². The topological polar surface area (TPSA) is 91.7 Å². The number of phenols is 1. The molecule has 122 valence electrons. The highest BCUT2D eigenvalue weighted by Crippen LogP contribution is 2.34. The Morgan fingerprint density at radius 3 is 2.79 bits per heavy atom. The number of aromatic amines is 1. The molecule has 0 unspecified atom stereocenters. The maximum Gasteiger partial charge on any atom is 0.164 e. The lowest BCUT2D eigenvalue weighted by Gasteiger charge is -2.06. The molecule has 0 spiro atoms. The fourth-order valence-electron chi connectivity index (χ4n) is 2.95. The first-order valence-corrected chi connectivity index (χ1v) is 7.81. The number of nitrogens with zero attached hydrogens (tertiary/aromatic N) is 4. The van der Waals surface area contributed by atoms with Crippen LogP contribution in [0.15, 0.2) is 30.6 Å². The molecule has 0 fully saturated rings. The summed E-state index contributed by atoms with van der Waals surface area (Å²) in [5, 5.41) is 19.4. The van der Waals surface area contributed by atoms with E-state index in [0.717, 1.165) is 39.1 Å². The van der Waals surface area contributed by atoms with Gasteiger partial charge < -0.3 is 15.4 Å². The van der Waals surface area contributed by atoms with E-state index in [-0.39, 0.29) is 11.8 Å². The fraction of sp³-hybridized carbons (Fsp3) is 0.235. The van der Waals surface area contributed by atoms with Gasteiger partial charge in [0.2, 0.25) is 0 Å². The highest BCUT2D eigenvalue weighted by atomic mass is 16.3. The number of anilines is 1. The zero-order valence-corrected chi connectivity index (χ0v) is 13.7. The minimum atomic E-state index is 0.175. The molecular formula is C17H18N6O. The first kappa shape index (κ1) is 14.5. The number of phenolic OH excluding ortho intramolecular Hbond substituents is 1. The van der Waals surface area contributed by atoms with Crippen molar-refractivity contribution in [1.29, 1.82) is 0 Å². The minimum absolute atomic E-state index is 0.175. The third kappa shape index (κ3) is 2.09. The number of fused-ring (bicyclic) bond motifs is 2. The zero-order valence-electron chi connectivity index (χ0n) is 13.7. The molecule has 0 aliphatic heterocycles. The number of H-pyrrole nitrogens is 1. The van der Waals surface area contributed by atoms with Crippen molar-refractivity contribution in [3.05, 3.63) is 30.6 Å². The summed E-state index contributed by atoms with van der Waals surface area (Å²) < 4.78 is 1.90. The second-order valence-corrected chi connectivity index (χ2v) is 6.01. The van der Waals surface area contributed by atoms with Crippen LogP contribution in [0.25, 0.3) is 33.3 Å². The normalized spacial score (nSPS) is 11.7. The van der Waals surface area contributed by atoms with Crippen molar-refractivity contribution in [1.82, 2.24) is 24.7 Å². The van der Waals surface area contributed by atoms with E-state index in [1.54, 1.807) is 18.5 Å². The van der Waals surface area contributed by atoms with Crippen molar-refractivity contribution >= 4 is 27.8 Å². The summed E-state index contributed by atoms with van der Waals surface area (Å²) in [6, 6.07) is 7.45. The second-order valence-electron chi connectivity index (χ2n) is 6.01. The van der Waals surface area contributed by atoms with E-state index in [9.17, 15) is 5.11 Å². The van der Waals surface area contributed by atoms with Gasteiger partial charge in [0, 0.05) is 30.1 Å². The van der Waals surface area contributed by atoms with Gasteiger partial charge in [0.1, 0.15) is 23.6 Å². The van der Waals surface area contributed by atoms with Crippen LogP contribution in [-0.2, 0) is 0 Å². The second kappa shape index (κ2) is 5.23. The largest absolute Gasteiger partial charge is 0.508 e. The smallest absolute Gasteiger partial charge is 0.164 e. The van der Waals surface area contributed by atoms with Crippen LogP contribution in [0.3, 0.4) is 0 Å². The SMILES string of the molecule is CNc1ncnc2c1c(-c1cc3ccc(O)cc3[nH]1)nn2C(C)C. The molecule has 0 saturated heterocycles. The molecule has 0 bridgehead atoms. The van der Waals surface area contributed by atoms with Gasteiger partial charge in [-0.05, 0) is 32.0 Å². The first-order valence-electron chi connectivity index (χ1n) is 7.81. The van der Waals surface area contributed by atoms with Gasteiger partial charge in [0.25, 0.3) is 0 Å². The van der Waals surface area contributed by atoms with Crippen LogP contribution in [0.2, 0.25) is 0 Å². The van der Waals surface area contributed by atoms with Gasteiger partial charge in [-0.2, -0.15) is 5.10 Å². The predicted molar refractivity (Wildman–Crippen MR) is 94.2 cm³/mol. The van der Waals surface area contributed by atoms with Gasteiger partial charge in [-0.1, -0.05) is 0 Å². The van der Waals surface area contributed by atoms with Crippen LogP contribution in [-0.4, -0.2) is 36.9 Å². The predicted octanol–water partition coefficient (Wildman–Crippen LogP) is 3.30. The Morgan fingerprint density at radius 1 is 1.21 bits per heavy atom. The van der Waals surface area contributed by atoms with Gasteiger partial charge in [0.15, 0.2) is 5.65 Å². The molecular weight excluding hydrogens is 304 g/mol. The first-order chi connectivity index (χ1) is 11.6. The van der Waals surface area contributed by atoms with Crippen molar-refractivity contribution in [3.8, 4) is 17.1 Å². The molecule has 0 aliphatic carbocycles. The van der Waals surface area contributed by atoms with Gasteiger partial charge in [0.05, 0.1) is 11.1 Å². The van der Waals surface area contributed by atoms with Gasteiger partial charge >= 0.3 is 0 Å². The summed E-state index contributed by atoms with van der Waals surface area (Å²) in [5.74, 6) is 0.969. The molecule has 0 saturated carbocycles. The third-order valence-electron chi connectivity index (χ3n) is 4.08. The van der Waals surface area contributed by atoms with E-state index in [1.807, 2.05) is 23.9 Å². The van der Waals surface area contributed by atoms with E-state index >= 15 is 0 Å². The number of rotatable bonds is 3. The van der Waals surface area contributed by atoms with Gasteiger partial charge in [-0.15, -0.1) is 0 Å². The molecule has 3 N–H and O–H groups in total. The molecule has 3 heterocycles. The molecule has 3 aromatic heterocycles. The summed E-state index contributed by atoms with van der Waals surface area (Å²) in [5.41, 5.74) is 3.31. The molecule has 4 rings (SSSR count). The minimum Gasteiger partial charge on any atom is -0.508 e. The molecule has 7 heteroatoms. The molecule has 0 atom stereocenters. The lowest BCUT2D eigenvalue weighted by Crippen LogP contribution is -2.04. The van der Waals surface area contributed by atoms with E-state index in [1.165, 1.54) is 0 Å². The third-order valence-corrected chi connectivity index (χ3v) is 4.08. The van der Waals surface area contributed by atoms with Crippen LogP contribution in [0.1, 0.15) is 19.9 Å². The summed E-state index contributed by atoms with van der Waals surface area (Å²) >= 11 is 0. The Morgan fingerprint density at radius 2 is 2.04 bits per heavy atom. The molecule has 0 aliphatic rings. The van der Waals surface area contributed by atoms with Crippen LogP contribution in [0, 0.1) is 0 Å². The van der Waals surface area contributed by atoms with Crippen molar-refractivity contribution < 1.29 is 5.11 Å². The van der Waals surface area contributed by atoms with E-state index in [2.05, 4.69) is 34.1 Å². The summed E-state index contributed by atoms with van der Waals surface area (Å²) in [4.78, 5) is 12.1. The average molecular weight is 322 g/mol. The number of nitrogens with one attached hydrogen (secondary N) is 2. The summed E-state index contributed by atoms with van der Waals surface area (Å²) in [6.45, 7) is 4.14. The Labute approximate surface area is 138 Å². The van der Waals surface area contributed by atoms with Crippen LogP contribution < -0.4 is 5.32 Å². The van der Waals surface area contributed by atoms with Crippen LogP contribution in [0.4, 0.5) is 5.82 Å². The Balaban J connectivity index is 2.04. The Kier molecular flexibility index (Phi) is 3.16. The van der Waals surface area contributed by atoms with Crippen molar-refractivity contribution in [2.24, 2.45) is 0 Å². The Hall–Kier alpha value is -3.09. The standard InChI is InChI=1S/C17H18N6O/c1-9(2)23-17-14(16(18-3)19-8-20-17)15(22-23)13-6-10-4-5-11(24)7-12(10)21-13/h4-9,21,24H,1-3H3,(H,18,19,20). The lowest BCUT2D eigenvalue weighted by molar-refractivity contribution is 0.476. The maximum atomic E-state index is 9.67. The number of aromatic hydroxyl groups is 1. The van der Waals surface area contributed by atoms with Crippen molar-refractivity contribution in [2.75, 3.05) is 12.4 Å². The highest BCUT2D eigenvalue weighted by molar-refractivity contribution is 6.00. The summed E-state index contributed by atoms with van der Waals surface area (Å²) in [6.07, 6.45) is 1.54. The van der Waals surface area contributed by atoms with Crippen molar-refractivity contribution in [2.45, 2.75) is 19.9 Å². The van der Waals surface area contributed by atoms with E-state index in [0.29, 0.717) is 0 Å². The monoisotopic (exact) mass is 322 g/mol. The molecule has 1 aromatic carbocycles. The van der Waals surface area contributed by atoms with E-state index < -0.39 is 0 Å². The lowest BCUT2D eigenvalue weighted by atomic mass is 10.2. The van der Waals surface area contributed by atoms with Crippen LogP contribution in [0.5, 0.6) is 5.75 Å². The number of hydrogen-bond donors (Lipinski definition) is 3. The Bertz CT molecular complexity index is 1050. The highest BCUT2D eigenvalue weighted by Gasteiger charge is 2.20. The molecule has 7 nitrogen and oxygen atoms in total. The quantitative estimate of drug-likeness (QED) is 0.538. The number of benzene rings is 1. The van der Waals surface area contributed by atoms with Crippen LogP contribution >= 0.6 is 0 Å². The van der Waals surface area contributed by atoms with Gasteiger partial charge in [-0.3, -0.25) is 0 Å². The number of aromatic nitrogens is 5. The van der Waals surface area contributed by atoms with E-state index in [4.69, 9.17) is 5.10 Å². The molecule has 0 amide bonds. The zero-order chi connectivity index (χ0) is 16.8. The maximum absolute atomic E-state index is 9.67. The molecule has 4 aromatic rings. The summed E-state index contributed by atoms with van der Waals surface area (Å²) in [7, 11) is 1.83. The molecule has 0 radical (unpaired) electrons. The number of hydrogen-bond acceptors (Lipinski definition) is 5. The average Bonchev–Trinajstić information content (AvgIpc) is 3.14.